The fourth-order valence-corrected chi connectivity index (χ4v) is 4.78. The number of fused-ring (bicyclic) bond motifs is 1. The van der Waals surface area contributed by atoms with Crippen LogP contribution in [-0.2, 0) is 9.53 Å². The van der Waals surface area contributed by atoms with Gasteiger partial charge in [-0.2, -0.15) is 0 Å². The molecule has 1 amide bonds. The average molecular weight is 441 g/mol. The number of nitrogens with zero attached hydrogens (tertiary/aromatic N) is 1. The number of benzene rings is 1. The van der Waals surface area contributed by atoms with Crippen LogP contribution in [0.25, 0.3) is 10.2 Å². The van der Waals surface area contributed by atoms with Crippen molar-refractivity contribution in [1.29, 1.82) is 0 Å². The zero-order chi connectivity index (χ0) is 21.0. The molecule has 1 aliphatic carbocycles. The lowest BCUT2D eigenvalue weighted by atomic mass is 9.84. The summed E-state index contributed by atoms with van der Waals surface area (Å²) in [7, 11) is 0. The Morgan fingerprint density at radius 3 is 2.79 bits per heavy atom. The van der Waals surface area contributed by atoms with E-state index in [0.717, 1.165) is 35.9 Å². The maximum Gasteiger partial charge on any atom is 0.274 e. The Kier molecular flexibility index (Phi) is 7.24. The summed E-state index contributed by atoms with van der Waals surface area (Å²) in [5.41, 5.74) is 0.637. The molecule has 1 fully saturated rings. The van der Waals surface area contributed by atoms with Crippen LogP contribution in [0.15, 0.2) is 12.1 Å². The Hall–Kier alpha value is -1.57. The van der Waals surface area contributed by atoms with Gasteiger partial charge in [-0.05, 0) is 58.6 Å². The number of hydrogen-bond donors (Lipinski definition) is 1. The summed E-state index contributed by atoms with van der Waals surface area (Å²) in [4.78, 5) is 15.6. The van der Waals surface area contributed by atoms with E-state index in [-0.39, 0.29) is 23.7 Å². The quantitative estimate of drug-likeness (QED) is 0.627. The molecule has 1 aromatic heterocycles. The number of carbonyl (C=O) groups is 1. The Balaban J connectivity index is 1.56. The molecule has 0 spiro atoms. The van der Waals surface area contributed by atoms with Gasteiger partial charge < -0.3 is 19.5 Å². The first-order valence-electron chi connectivity index (χ1n) is 10.1. The molecule has 1 aromatic carbocycles. The highest BCUT2D eigenvalue weighted by Gasteiger charge is 2.33. The normalized spacial score (nSPS) is 23.0. The molecule has 1 heterocycles. The van der Waals surface area contributed by atoms with Crippen LogP contribution in [-0.4, -0.2) is 41.9 Å². The molecule has 0 bridgehead atoms. The second kappa shape index (κ2) is 9.49. The number of thiazole rings is 1. The second-order valence-electron chi connectivity index (χ2n) is 7.82. The molecule has 1 atom stereocenters. The molecule has 160 valence electrons. The van der Waals surface area contributed by atoms with Crippen LogP contribution in [0.1, 0.15) is 53.4 Å². The first-order chi connectivity index (χ1) is 13.8. The van der Waals surface area contributed by atoms with Crippen LogP contribution in [0.2, 0.25) is 5.02 Å². The minimum Gasteiger partial charge on any atom is -0.489 e. The van der Waals surface area contributed by atoms with Crippen molar-refractivity contribution in [1.82, 2.24) is 10.3 Å². The van der Waals surface area contributed by atoms with Crippen LogP contribution in [0.3, 0.4) is 0 Å². The molecule has 3 rings (SSSR count). The topological polar surface area (TPSA) is 69.7 Å². The minimum absolute atomic E-state index is 0.00446. The third kappa shape index (κ3) is 5.74. The Bertz CT molecular complexity index is 849. The molecule has 0 radical (unpaired) electrons. The lowest BCUT2D eigenvalue weighted by Crippen LogP contribution is -2.42. The van der Waals surface area contributed by atoms with Crippen molar-refractivity contribution >= 4 is 39.1 Å². The SMILES string of the molecule is CCOc1nc2ccc(OC3CCC(C)(OC[C@H](C)NC(C)=O)CC3)c(Cl)c2s1. The summed E-state index contributed by atoms with van der Waals surface area (Å²) >= 11 is 8.03. The Labute approximate surface area is 180 Å². The predicted octanol–water partition coefficient (Wildman–Crippen LogP) is 4.97. The van der Waals surface area contributed by atoms with Crippen LogP contribution < -0.4 is 14.8 Å². The summed E-state index contributed by atoms with van der Waals surface area (Å²) in [6.07, 6.45) is 3.70. The number of hydrogen-bond acceptors (Lipinski definition) is 6. The third-order valence-corrected chi connectivity index (χ3v) is 6.61. The van der Waals surface area contributed by atoms with E-state index < -0.39 is 0 Å². The molecule has 8 heteroatoms. The van der Waals surface area contributed by atoms with Crippen molar-refractivity contribution in [3.05, 3.63) is 17.2 Å². The number of halogens is 1. The van der Waals surface area contributed by atoms with Crippen molar-refractivity contribution in [2.45, 2.75) is 71.1 Å². The maximum atomic E-state index is 11.1. The van der Waals surface area contributed by atoms with Gasteiger partial charge in [0.05, 0.1) is 35.1 Å². The summed E-state index contributed by atoms with van der Waals surface area (Å²) in [6, 6.07) is 3.82. The standard InChI is InChI=1S/C21H29ClN2O4S/c1-5-26-20-24-16-6-7-17(18(22)19(16)29-20)28-15-8-10-21(4,11-9-15)27-12-13(2)23-14(3)25/h6-7,13,15H,5,8-12H2,1-4H3,(H,23,25)/t13-,15?,21?/m0/s1. The highest BCUT2D eigenvalue weighted by Crippen LogP contribution is 2.41. The lowest BCUT2D eigenvalue weighted by molar-refractivity contribution is -0.121. The first-order valence-corrected chi connectivity index (χ1v) is 11.3. The van der Waals surface area contributed by atoms with E-state index in [4.69, 9.17) is 25.8 Å². The van der Waals surface area contributed by atoms with Crippen molar-refractivity contribution in [3.8, 4) is 10.9 Å². The van der Waals surface area contributed by atoms with Crippen molar-refractivity contribution in [2.75, 3.05) is 13.2 Å². The fraction of sp³-hybridized carbons (Fsp3) is 0.619. The van der Waals surface area contributed by atoms with Gasteiger partial charge in [-0.3, -0.25) is 4.79 Å². The number of aromatic nitrogens is 1. The highest BCUT2D eigenvalue weighted by molar-refractivity contribution is 7.20. The van der Waals surface area contributed by atoms with Gasteiger partial charge in [-0.1, -0.05) is 22.9 Å². The lowest BCUT2D eigenvalue weighted by Gasteiger charge is -2.38. The van der Waals surface area contributed by atoms with Gasteiger partial charge in [0, 0.05) is 13.0 Å². The smallest absolute Gasteiger partial charge is 0.274 e. The Morgan fingerprint density at radius 2 is 2.14 bits per heavy atom. The van der Waals surface area contributed by atoms with E-state index in [2.05, 4.69) is 17.2 Å². The monoisotopic (exact) mass is 440 g/mol. The van der Waals surface area contributed by atoms with Crippen LogP contribution in [0.4, 0.5) is 0 Å². The zero-order valence-electron chi connectivity index (χ0n) is 17.4. The summed E-state index contributed by atoms with van der Waals surface area (Å²) < 4.78 is 18.7. The van der Waals surface area contributed by atoms with E-state index >= 15 is 0 Å². The summed E-state index contributed by atoms with van der Waals surface area (Å²) in [6.45, 7) is 8.63. The molecule has 2 aromatic rings. The van der Waals surface area contributed by atoms with Gasteiger partial charge in [0.2, 0.25) is 5.91 Å². The largest absolute Gasteiger partial charge is 0.489 e. The molecule has 6 nitrogen and oxygen atoms in total. The predicted molar refractivity (Wildman–Crippen MR) is 116 cm³/mol. The molecular weight excluding hydrogens is 412 g/mol. The number of rotatable bonds is 8. The second-order valence-corrected chi connectivity index (χ2v) is 9.16. The zero-order valence-corrected chi connectivity index (χ0v) is 19.0. The van der Waals surface area contributed by atoms with E-state index in [1.54, 1.807) is 0 Å². The van der Waals surface area contributed by atoms with E-state index in [1.165, 1.54) is 18.3 Å². The van der Waals surface area contributed by atoms with E-state index in [0.29, 0.717) is 29.2 Å². The van der Waals surface area contributed by atoms with Crippen LogP contribution in [0, 0.1) is 0 Å². The molecular formula is C21H29ClN2O4S. The van der Waals surface area contributed by atoms with Crippen LogP contribution >= 0.6 is 22.9 Å². The molecule has 0 saturated heterocycles. The van der Waals surface area contributed by atoms with Crippen molar-refractivity contribution in [2.24, 2.45) is 0 Å². The molecule has 29 heavy (non-hydrogen) atoms. The van der Waals surface area contributed by atoms with Gasteiger partial charge in [0.1, 0.15) is 10.8 Å². The van der Waals surface area contributed by atoms with Crippen molar-refractivity contribution < 1.29 is 19.0 Å². The molecule has 1 saturated carbocycles. The summed E-state index contributed by atoms with van der Waals surface area (Å²) in [5.74, 6) is 0.659. The minimum atomic E-state index is -0.190. The van der Waals surface area contributed by atoms with Gasteiger partial charge >= 0.3 is 0 Å². The fourth-order valence-electron chi connectivity index (χ4n) is 3.56. The Morgan fingerprint density at radius 1 is 1.41 bits per heavy atom. The average Bonchev–Trinajstić information content (AvgIpc) is 3.08. The summed E-state index contributed by atoms with van der Waals surface area (Å²) in [5, 5.41) is 4.08. The van der Waals surface area contributed by atoms with Crippen LogP contribution in [0.5, 0.6) is 10.9 Å². The van der Waals surface area contributed by atoms with Gasteiger partial charge in [-0.25, -0.2) is 4.98 Å². The van der Waals surface area contributed by atoms with Gasteiger partial charge in [0.25, 0.3) is 5.19 Å². The highest BCUT2D eigenvalue weighted by atomic mass is 35.5. The van der Waals surface area contributed by atoms with Crippen molar-refractivity contribution in [3.63, 3.8) is 0 Å². The van der Waals surface area contributed by atoms with E-state index in [1.807, 2.05) is 26.0 Å². The van der Waals surface area contributed by atoms with Gasteiger partial charge in [0.15, 0.2) is 0 Å². The number of carbonyl (C=O) groups excluding carboxylic acids is 1. The molecule has 1 aliphatic rings. The maximum absolute atomic E-state index is 11.1. The molecule has 1 N–H and O–H groups in total. The molecule has 0 aliphatic heterocycles. The van der Waals surface area contributed by atoms with Gasteiger partial charge in [-0.15, -0.1) is 0 Å². The first kappa shape index (κ1) is 22.1. The van der Waals surface area contributed by atoms with E-state index in [9.17, 15) is 4.79 Å². The number of ether oxygens (including phenoxy) is 3. The number of amides is 1. The number of nitrogens with one attached hydrogen (secondary N) is 1. The third-order valence-electron chi connectivity index (χ3n) is 5.13. The molecule has 0 unspecified atom stereocenters.